The maximum Gasteiger partial charge on any atom is 0.226 e. The largest absolute Gasteiger partial charge is 0.336 e. The van der Waals surface area contributed by atoms with Gasteiger partial charge in [-0.1, -0.05) is 0 Å². The van der Waals surface area contributed by atoms with E-state index in [4.69, 9.17) is 0 Å². The second-order valence-corrected chi connectivity index (χ2v) is 5.27. The van der Waals surface area contributed by atoms with Gasteiger partial charge in [0, 0.05) is 37.1 Å². The van der Waals surface area contributed by atoms with Gasteiger partial charge in [-0.2, -0.15) is 0 Å². The van der Waals surface area contributed by atoms with E-state index in [1.807, 2.05) is 19.9 Å². The average Bonchev–Trinajstić information content (AvgIpc) is 2.75. The number of hydrogen-bond acceptors (Lipinski definition) is 4. The van der Waals surface area contributed by atoms with E-state index < -0.39 is 0 Å². The first-order valence-electron chi connectivity index (χ1n) is 6.53. The quantitative estimate of drug-likeness (QED) is 0.792. The summed E-state index contributed by atoms with van der Waals surface area (Å²) < 4.78 is 0. The minimum atomic E-state index is 0.602. The molecule has 92 valence electrons. The first-order valence-corrected chi connectivity index (χ1v) is 6.53. The van der Waals surface area contributed by atoms with E-state index in [1.165, 1.54) is 12.8 Å². The maximum absolute atomic E-state index is 4.61. The third kappa shape index (κ3) is 2.02. The van der Waals surface area contributed by atoms with Crippen LogP contribution in [0.3, 0.4) is 0 Å². The Morgan fingerprint density at radius 3 is 2.76 bits per heavy atom. The summed E-state index contributed by atoms with van der Waals surface area (Å²) in [6.45, 7) is 7.44. The molecule has 3 heterocycles. The molecule has 3 rings (SSSR count). The van der Waals surface area contributed by atoms with Crippen molar-refractivity contribution in [3.05, 3.63) is 17.5 Å². The van der Waals surface area contributed by atoms with Gasteiger partial charge in [-0.05, 0) is 38.7 Å². The van der Waals surface area contributed by atoms with Crippen LogP contribution >= 0.6 is 0 Å². The highest BCUT2D eigenvalue weighted by atomic mass is 15.3. The highest BCUT2D eigenvalue weighted by molar-refractivity contribution is 5.36. The highest BCUT2D eigenvalue weighted by Gasteiger charge is 2.36. The van der Waals surface area contributed by atoms with Crippen LogP contribution in [-0.4, -0.2) is 35.6 Å². The molecule has 0 bridgehead atoms. The topological polar surface area (TPSA) is 41.1 Å². The first kappa shape index (κ1) is 11.0. The molecule has 1 N–H and O–H groups in total. The van der Waals surface area contributed by atoms with Gasteiger partial charge in [0.25, 0.3) is 0 Å². The van der Waals surface area contributed by atoms with Crippen molar-refractivity contribution in [1.29, 1.82) is 0 Å². The Morgan fingerprint density at radius 1 is 1.24 bits per heavy atom. The zero-order valence-corrected chi connectivity index (χ0v) is 10.6. The molecule has 4 heteroatoms. The van der Waals surface area contributed by atoms with Gasteiger partial charge in [0.1, 0.15) is 0 Å². The lowest BCUT2D eigenvalue weighted by Gasteiger charge is -2.37. The van der Waals surface area contributed by atoms with Crippen molar-refractivity contribution in [2.24, 2.45) is 5.92 Å². The zero-order chi connectivity index (χ0) is 11.8. The zero-order valence-electron chi connectivity index (χ0n) is 10.6. The van der Waals surface area contributed by atoms with Crippen LogP contribution in [0.1, 0.15) is 24.2 Å². The fourth-order valence-corrected chi connectivity index (χ4v) is 3.15. The van der Waals surface area contributed by atoms with Gasteiger partial charge in [-0.25, -0.2) is 9.97 Å². The lowest BCUT2D eigenvalue weighted by atomic mass is 9.92. The van der Waals surface area contributed by atoms with Crippen molar-refractivity contribution in [2.75, 3.05) is 24.5 Å². The van der Waals surface area contributed by atoms with E-state index in [0.29, 0.717) is 6.04 Å². The molecule has 0 radical (unpaired) electrons. The minimum absolute atomic E-state index is 0.602. The number of rotatable bonds is 1. The van der Waals surface area contributed by atoms with E-state index in [9.17, 15) is 0 Å². The Balaban J connectivity index is 1.91. The maximum atomic E-state index is 4.61. The molecular weight excluding hydrogens is 212 g/mol. The van der Waals surface area contributed by atoms with E-state index in [1.54, 1.807) is 0 Å². The normalized spacial score (nSPS) is 28.2. The SMILES string of the molecule is Cc1cc(C)nc(N2CCC[C@@H]3CNC[C@@H]32)n1. The van der Waals surface area contributed by atoms with Crippen molar-refractivity contribution in [1.82, 2.24) is 15.3 Å². The summed E-state index contributed by atoms with van der Waals surface area (Å²) in [7, 11) is 0. The molecule has 0 saturated carbocycles. The average molecular weight is 232 g/mol. The van der Waals surface area contributed by atoms with Crippen molar-refractivity contribution in [2.45, 2.75) is 32.7 Å². The number of aromatic nitrogens is 2. The molecule has 0 unspecified atom stereocenters. The van der Waals surface area contributed by atoms with Crippen LogP contribution in [0.2, 0.25) is 0 Å². The molecule has 4 nitrogen and oxygen atoms in total. The van der Waals surface area contributed by atoms with Gasteiger partial charge >= 0.3 is 0 Å². The first-order chi connectivity index (χ1) is 8.24. The summed E-state index contributed by atoms with van der Waals surface area (Å²) >= 11 is 0. The summed E-state index contributed by atoms with van der Waals surface area (Å²) in [6.07, 6.45) is 2.61. The van der Waals surface area contributed by atoms with E-state index >= 15 is 0 Å². The molecule has 2 saturated heterocycles. The van der Waals surface area contributed by atoms with Gasteiger partial charge in [0.2, 0.25) is 5.95 Å². The van der Waals surface area contributed by atoms with Gasteiger partial charge in [-0.3, -0.25) is 0 Å². The van der Waals surface area contributed by atoms with Gasteiger partial charge in [-0.15, -0.1) is 0 Å². The Kier molecular flexibility index (Phi) is 2.74. The van der Waals surface area contributed by atoms with Gasteiger partial charge in [0.15, 0.2) is 0 Å². The number of hydrogen-bond donors (Lipinski definition) is 1. The lowest BCUT2D eigenvalue weighted by molar-refractivity contribution is 0.380. The molecule has 2 aliphatic heterocycles. The van der Waals surface area contributed by atoms with E-state index in [-0.39, 0.29) is 0 Å². The standard InChI is InChI=1S/C13H20N4/c1-9-6-10(2)16-13(15-9)17-5-3-4-11-7-14-8-12(11)17/h6,11-12,14H,3-5,7-8H2,1-2H3/t11-,12+/m1/s1. The van der Waals surface area contributed by atoms with Crippen molar-refractivity contribution in [3.8, 4) is 0 Å². The second kappa shape index (κ2) is 4.26. The summed E-state index contributed by atoms with van der Waals surface area (Å²) in [4.78, 5) is 11.6. The Hall–Kier alpha value is -1.16. The summed E-state index contributed by atoms with van der Waals surface area (Å²) in [5.74, 6) is 1.72. The Labute approximate surface area is 102 Å². The van der Waals surface area contributed by atoms with Crippen LogP contribution in [0, 0.1) is 19.8 Å². The minimum Gasteiger partial charge on any atom is -0.336 e. The predicted molar refractivity (Wildman–Crippen MR) is 68.2 cm³/mol. The smallest absolute Gasteiger partial charge is 0.226 e. The molecule has 1 aromatic rings. The fraction of sp³-hybridized carbons (Fsp3) is 0.692. The molecular formula is C13H20N4. The van der Waals surface area contributed by atoms with Crippen molar-refractivity contribution >= 4 is 5.95 Å². The monoisotopic (exact) mass is 232 g/mol. The molecule has 0 spiro atoms. The fourth-order valence-electron chi connectivity index (χ4n) is 3.15. The molecule has 0 aliphatic carbocycles. The predicted octanol–water partition coefficient (Wildman–Crippen LogP) is 1.28. The molecule has 0 aromatic carbocycles. The van der Waals surface area contributed by atoms with Crippen LogP contribution in [0.4, 0.5) is 5.95 Å². The molecule has 2 aliphatic rings. The van der Waals surface area contributed by atoms with Crippen molar-refractivity contribution in [3.63, 3.8) is 0 Å². The Bertz CT molecular complexity index is 398. The second-order valence-electron chi connectivity index (χ2n) is 5.27. The van der Waals surface area contributed by atoms with E-state index in [2.05, 4.69) is 20.2 Å². The molecule has 0 amide bonds. The lowest BCUT2D eigenvalue weighted by Crippen LogP contribution is -2.46. The molecule has 1 aromatic heterocycles. The Morgan fingerprint density at radius 2 is 2.00 bits per heavy atom. The van der Waals surface area contributed by atoms with Crippen LogP contribution in [0.5, 0.6) is 0 Å². The number of piperidine rings is 1. The van der Waals surface area contributed by atoms with Gasteiger partial charge in [0.05, 0.1) is 0 Å². The number of fused-ring (bicyclic) bond motifs is 1. The summed E-state index contributed by atoms with van der Waals surface area (Å²) in [5, 5.41) is 3.50. The third-order valence-corrected chi connectivity index (χ3v) is 3.91. The number of nitrogens with zero attached hydrogens (tertiary/aromatic N) is 3. The highest BCUT2D eigenvalue weighted by Crippen LogP contribution is 2.29. The molecule has 17 heavy (non-hydrogen) atoms. The summed E-state index contributed by atoms with van der Waals surface area (Å²) in [5.41, 5.74) is 2.14. The number of nitrogens with one attached hydrogen (secondary N) is 1. The summed E-state index contributed by atoms with van der Waals surface area (Å²) in [6, 6.07) is 2.64. The van der Waals surface area contributed by atoms with Crippen LogP contribution in [-0.2, 0) is 0 Å². The van der Waals surface area contributed by atoms with Crippen molar-refractivity contribution < 1.29 is 0 Å². The van der Waals surface area contributed by atoms with Crippen LogP contribution in [0.25, 0.3) is 0 Å². The third-order valence-electron chi connectivity index (χ3n) is 3.91. The van der Waals surface area contributed by atoms with Gasteiger partial charge < -0.3 is 10.2 Å². The number of anilines is 1. The number of aryl methyl sites for hydroxylation is 2. The van der Waals surface area contributed by atoms with E-state index in [0.717, 1.165) is 42.9 Å². The van der Waals surface area contributed by atoms with Crippen LogP contribution in [0.15, 0.2) is 6.07 Å². The molecule has 2 fully saturated rings. The molecule has 2 atom stereocenters. The van der Waals surface area contributed by atoms with Crippen LogP contribution < -0.4 is 10.2 Å².